The Morgan fingerprint density at radius 3 is 2.58 bits per heavy atom. The van der Waals surface area contributed by atoms with Gasteiger partial charge in [-0.05, 0) is 82.2 Å². The monoisotopic (exact) mass is 497 g/mol. The second-order valence-electron chi connectivity index (χ2n) is 11.8. The van der Waals surface area contributed by atoms with E-state index in [2.05, 4.69) is 35.8 Å². The summed E-state index contributed by atoms with van der Waals surface area (Å²) in [6.45, 7) is 6.10. The highest BCUT2D eigenvalue weighted by atomic mass is 16.5. The van der Waals surface area contributed by atoms with Gasteiger partial charge in [-0.2, -0.15) is 0 Å². The molecule has 0 aromatic heterocycles. The summed E-state index contributed by atoms with van der Waals surface area (Å²) >= 11 is 0. The second-order valence-corrected chi connectivity index (χ2v) is 11.8. The maximum atomic E-state index is 12.0. The van der Waals surface area contributed by atoms with Crippen molar-refractivity contribution in [2.45, 2.75) is 129 Å². The fraction of sp³-hybridized carbons (Fsp3) is 0.848. The van der Waals surface area contributed by atoms with Gasteiger partial charge in [0.25, 0.3) is 0 Å². The Kier molecular flexibility index (Phi) is 14.7. The molecular formula is C33H55NO2. The van der Waals surface area contributed by atoms with Crippen molar-refractivity contribution in [3.05, 3.63) is 12.2 Å². The first kappa shape index (κ1) is 29.3. The van der Waals surface area contributed by atoms with Crippen LogP contribution in [0.1, 0.15) is 129 Å². The molecule has 3 rings (SSSR count). The van der Waals surface area contributed by atoms with E-state index in [1.54, 1.807) is 0 Å². The van der Waals surface area contributed by atoms with Crippen LogP contribution in [0.4, 0.5) is 0 Å². The predicted molar refractivity (Wildman–Crippen MR) is 152 cm³/mol. The second kappa shape index (κ2) is 18.1. The van der Waals surface area contributed by atoms with E-state index in [4.69, 9.17) is 4.74 Å². The topological polar surface area (TPSA) is 29.5 Å². The molecule has 1 unspecified atom stereocenters. The van der Waals surface area contributed by atoms with Crippen LogP contribution in [0.5, 0.6) is 0 Å². The van der Waals surface area contributed by atoms with E-state index in [1.807, 2.05) is 0 Å². The van der Waals surface area contributed by atoms with Crippen molar-refractivity contribution in [2.24, 2.45) is 23.7 Å². The number of ether oxygens (including phenoxy) is 1. The van der Waals surface area contributed by atoms with Crippen LogP contribution in [0.3, 0.4) is 0 Å². The zero-order chi connectivity index (χ0) is 25.3. The van der Waals surface area contributed by atoms with Crippen LogP contribution in [0.2, 0.25) is 0 Å². The van der Waals surface area contributed by atoms with Crippen molar-refractivity contribution < 1.29 is 9.53 Å². The van der Waals surface area contributed by atoms with Crippen LogP contribution >= 0.6 is 0 Å². The van der Waals surface area contributed by atoms with Gasteiger partial charge in [0.05, 0.1) is 0 Å². The van der Waals surface area contributed by atoms with Gasteiger partial charge >= 0.3 is 5.97 Å². The molecule has 0 bridgehead atoms. The van der Waals surface area contributed by atoms with Crippen LogP contribution in [-0.2, 0) is 9.53 Å². The van der Waals surface area contributed by atoms with Gasteiger partial charge in [-0.3, -0.25) is 9.69 Å². The number of hydrogen-bond acceptors (Lipinski definition) is 3. The van der Waals surface area contributed by atoms with Crippen molar-refractivity contribution in [3.63, 3.8) is 0 Å². The first-order valence-electron chi connectivity index (χ1n) is 15.8. The molecule has 3 nitrogen and oxygen atoms in total. The van der Waals surface area contributed by atoms with Gasteiger partial charge in [0.1, 0.15) is 6.61 Å². The summed E-state index contributed by atoms with van der Waals surface area (Å²) in [6, 6.07) is 0. The van der Waals surface area contributed by atoms with Crippen LogP contribution < -0.4 is 0 Å². The predicted octanol–water partition coefficient (Wildman–Crippen LogP) is 8.33. The molecular weight excluding hydrogens is 442 g/mol. The standard InChI is InChI=1S/C33H55NO2/c1-2-3-16-29(30-18-9-6-10-19-30)20-14-22-32-23-15-21-31(32)17-8-4-5-11-24-33(35)36-28-27-34-25-12-7-13-26-34/h4,8,29-32H,2-3,5-7,9-13,15-21,23-28H2,1H3/t29?,31-,32-/m0/s1. The van der Waals surface area contributed by atoms with E-state index >= 15 is 0 Å². The van der Waals surface area contributed by atoms with Crippen molar-refractivity contribution >= 4 is 5.97 Å². The fourth-order valence-electron chi connectivity index (χ4n) is 6.70. The Labute approximate surface area is 223 Å². The molecule has 3 atom stereocenters. The highest BCUT2D eigenvalue weighted by molar-refractivity contribution is 5.69. The minimum atomic E-state index is -0.0305. The van der Waals surface area contributed by atoms with Gasteiger partial charge in [0.2, 0.25) is 0 Å². The third-order valence-electron chi connectivity index (χ3n) is 9.03. The number of hydrogen-bond donors (Lipinski definition) is 0. The van der Waals surface area contributed by atoms with Crippen molar-refractivity contribution in [1.29, 1.82) is 0 Å². The molecule has 36 heavy (non-hydrogen) atoms. The Morgan fingerprint density at radius 1 is 0.972 bits per heavy atom. The van der Waals surface area contributed by atoms with Crippen LogP contribution in [0.25, 0.3) is 0 Å². The minimum Gasteiger partial charge on any atom is -0.464 e. The molecule has 1 saturated heterocycles. The lowest BCUT2D eigenvalue weighted by Crippen LogP contribution is -2.33. The van der Waals surface area contributed by atoms with Gasteiger partial charge in [0.15, 0.2) is 0 Å². The van der Waals surface area contributed by atoms with Crippen molar-refractivity contribution in [2.75, 3.05) is 26.2 Å². The third-order valence-corrected chi connectivity index (χ3v) is 9.03. The van der Waals surface area contributed by atoms with E-state index in [9.17, 15) is 4.79 Å². The van der Waals surface area contributed by atoms with Gasteiger partial charge in [0, 0.05) is 25.3 Å². The Hall–Kier alpha value is -1.27. The summed E-state index contributed by atoms with van der Waals surface area (Å²) in [5.74, 6) is 10.5. The van der Waals surface area contributed by atoms with Crippen molar-refractivity contribution in [3.8, 4) is 11.8 Å². The molecule has 3 aliphatic rings. The van der Waals surface area contributed by atoms with Gasteiger partial charge in [-0.25, -0.2) is 0 Å². The number of piperidine rings is 1. The van der Waals surface area contributed by atoms with Crippen molar-refractivity contribution in [1.82, 2.24) is 4.90 Å². The molecule has 3 fully saturated rings. The SMILES string of the molecule is CCCCC(CC#C[C@H]1CCC[C@@H]1CC=CCCCC(=O)OCCN1CCCCC1)C1CCCCC1. The largest absolute Gasteiger partial charge is 0.464 e. The lowest BCUT2D eigenvalue weighted by molar-refractivity contribution is -0.144. The lowest BCUT2D eigenvalue weighted by atomic mass is 9.76. The van der Waals surface area contributed by atoms with E-state index in [0.717, 1.165) is 63.1 Å². The smallest absolute Gasteiger partial charge is 0.305 e. The van der Waals surface area contributed by atoms with E-state index in [-0.39, 0.29) is 5.97 Å². The lowest BCUT2D eigenvalue weighted by Gasteiger charge is -2.29. The highest BCUT2D eigenvalue weighted by Crippen LogP contribution is 2.36. The summed E-state index contributed by atoms with van der Waals surface area (Å²) < 4.78 is 5.44. The first-order valence-corrected chi connectivity index (χ1v) is 15.8. The molecule has 0 spiro atoms. The number of likely N-dealkylation sites (tertiary alicyclic amines) is 1. The molecule has 0 aromatic rings. The number of rotatable bonds is 14. The fourth-order valence-corrected chi connectivity index (χ4v) is 6.70. The maximum absolute atomic E-state index is 12.0. The van der Waals surface area contributed by atoms with Gasteiger partial charge in [-0.15, -0.1) is 5.92 Å². The molecule has 0 amide bonds. The third kappa shape index (κ3) is 11.4. The summed E-state index contributed by atoms with van der Waals surface area (Å²) in [5, 5.41) is 0. The van der Waals surface area contributed by atoms with Gasteiger partial charge in [-0.1, -0.05) is 82.8 Å². The molecule has 0 N–H and O–H groups in total. The zero-order valence-electron chi connectivity index (χ0n) is 23.5. The summed E-state index contributed by atoms with van der Waals surface area (Å²) in [7, 11) is 0. The van der Waals surface area contributed by atoms with Crippen LogP contribution in [0.15, 0.2) is 12.2 Å². The molecule has 1 aliphatic heterocycles. The molecule has 1 heterocycles. The highest BCUT2D eigenvalue weighted by Gasteiger charge is 2.25. The van der Waals surface area contributed by atoms with Crippen LogP contribution in [0, 0.1) is 35.5 Å². The minimum absolute atomic E-state index is 0.0305. The Morgan fingerprint density at radius 2 is 1.78 bits per heavy atom. The molecule has 2 aliphatic carbocycles. The Balaban J connectivity index is 1.28. The molecule has 204 valence electrons. The van der Waals surface area contributed by atoms with Gasteiger partial charge < -0.3 is 4.74 Å². The summed E-state index contributed by atoms with van der Waals surface area (Å²) in [5.41, 5.74) is 0. The summed E-state index contributed by atoms with van der Waals surface area (Å²) in [6.07, 6.45) is 28.5. The maximum Gasteiger partial charge on any atom is 0.305 e. The summed E-state index contributed by atoms with van der Waals surface area (Å²) in [4.78, 5) is 14.4. The first-order chi connectivity index (χ1) is 17.8. The molecule has 2 saturated carbocycles. The van der Waals surface area contributed by atoms with E-state index < -0.39 is 0 Å². The number of carbonyl (C=O) groups is 1. The number of esters is 1. The quantitative estimate of drug-likeness (QED) is 0.105. The Bertz CT molecular complexity index is 678. The van der Waals surface area contributed by atoms with E-state index in [0.29, 0.717) is 18.9 Å². The molecule has 3 heteroatoms. The molecule has 0 aromatic carbocycles. The van der Waals surface area contributed by atoms with E-state index in [1.165, 1.54) is 89.9 Å². The van der Waals surface area contributed by atoms with Crippen LogP contribution in [-0.4, -0.2) is 37.1 Å². The zero-order valence-corrected chi connectivity index (χ0v) is 23.5. The molecule has 0 radical (unpaired) electrons. The average molecular weight is 498 g/mol. The number of allylic oxidation sites excluding steroid dienone is 2. The number of nitrogens with zero attached hydrogens (tertiary/aromatic N) is 1. The average Bonchev–Trinajstić information content (AvgIpc) is 3.36. The number of unbranched alkanes of at least 4 members (excludes halogenated alkanes) is 2. The normalized spacial score (nSPS) is 24.5. The number of carbonyl (C=O) groups excluding carboxylic acids is 1.